The van der Waals surface area contributed by atoms with Crippen molar-refractivity contribution in [3.05, 3.63) is 0 Å². The highest BCUT2D eigenvalue weighted by molar-refractivity contribution is 5.78. The van der Waals surface area contributed by atoms with Crippen molar-refractivity contribution in [2.75, 3.05) is 19.7 Å². The summed E-state index contributed by atoms with van der Waals surface area (Å²) in [5, 5.41) is 8.14. The smallest absolute Gasteiger partial charge is 0.328 e. The number of carbonyl (C=O) groups is 1. The quantitative estimate of drug-likeness (QED) is 0.559. The molecule has 2 heterocycles. The third-order valence-electron chi connectivity index (χ3n) is 2.28. The van der Waals surface area contributed by atoms with Gasteiger partial charge in [0.05, 0.1) is 6.61 Å². The normalized spacial score (nSPS) is 29.6. The van der Waals surface area contributed by atoms with Gasteiger partial charge < -0.3 is 9.64 Å². The Bertz CT molecular complexity index is 256. The van der Waals surface area contributed by atoms with Crippen LogP contribution in [0.5, 0.6) is 0 Å². The van der Waals surface area contributed by atoms with Gasteiger partial charge in [0.15, 0.2) is 6.04 Å². The van der Waals surface area contributed by atoms with E-state index in [0.717, 1.165) is 6.54 Å². The maximum absolute atomic E-state index is 11.5. The van der Waals surface area contributed by atoms with Gasteiger partial charge in [0, 0.05) is 13.1 Å². The molecule has 0 bridgehead atoms. The van der Waals surface area contributed by atoms with Gasteiger partial charge in [-0.15, -0.1) is 0 Å². The van der Waals surface area contributed by atoms with Crippen LogP contribution in [0.4, 0.5) is 0 Å². The Labute approximate surface area is 82.3 Å². The molecule has 1 saturated heterocycles. The fourth-order valence-electron chi connectivity index (χ4n) is 1.62. The highest BCUT2D eigenvalue weighted by Gasteiger charge is 2.38. The Balaban J connectivity index is 2.00. The van der Waals surface area contributed by atoms with Crippen molar-refractivity contribution in [3.63, 3.8) is 0 Å². The van der Waals surface area contributed by atoms with Crippen LogP contribution >= 0.6 is 0 Å². The number of carbonyl (C=O) groups excluding carboxylic acids is 1. The van der Waals surface area contributed by atoms with Crippen molar-refractivity contribution < 1.29 is 9.53 Å². The molecule has 6 nitrogen and oxygen atoms in total. The molecule has 2 unspecified atom stereocenters. The summed E-state index contributed by atoms with van der Waals surface area (Å²) < 4.78 is 4.93. The second kappa shape index (κ2) is 3.83. The Morgan fingerprint density at radius 3 is 3.43 bits per heavy atom. The molecule has 2 aliphatic heterocycles. The first-order chi connectivity index (χ1) is 6.83. The van der Waals surface area contributed by atoms with E-state index in [1.54, 1.807) is 13.3 Å². The molecule has 0 spiro atoms. The highest BCUT2D eigenvalue weighted by Crippen LogP contribution is 2.11. The summed E-state index contributed by atoms with van der Waals surface area (Å²) in [4.78, 5) is 13.5. The number of nitrogens with one attached hydrogen (secondary N) is 1. The molecule has 6 heteroatoms. The molecule has 2 rings (SSSR count). The van der Waals surface area contributed by atoms with E-state index in [2.05, 4.69) is 15.8 Å². The molecule has 14 heavy (non-hydrogen) atoms. The monoisotopic (exact) mass is 197 g/mol. The minimum atomic E-state index is -0.453. The van der Waals surface area contributed by atoms with E-state index < -0.39 is 6.04 Å². The molecule has 1 N–H and O–H groups in total. The average molecular weight is 197 g/mol. The van der Waals surface area contributed by atoms with Crippen LogP contribution in [0.15, 0.2) is 5.10 Å². The first kappa shape index (κ1) is 9.26. The molecule has 0 aromatic heterocycles. The zero-order chi connectivity index (χ0) is 9.97. The van der Waals surface area contributed by atoms with Crippen LogP contribution in [-0.4, -0.2) is 49.1 Å². The Morgan fingerprint density at radius 1 is 1.79 bits per heavy atom. The molecule has 77 valence electrons. The molecule has 1 radical (unpaired) electrons. The van der Waals surface area contributed by atoms with Crippen LogP contribution in [-0.2, 0) is 9.53 Å². The van der Waals surface area contributed by atoms with Crippen molar-refractivity contribution >= 4 is 12.3 Å². The molecule has 2 aliphatic rings. The van der Waals surface area contributed by atoms with E-state index >= 15 is 0 Å². The van der Waals surface area contributed by atoms with Gasteiger partial charge in [0.2, 0.25) is 0 Å². The minimum absolute atomic E-state index is 0.150. The Morgan fingerprint density at radius 2 is 2.64 bits per heavy atom. The lowest BCUT2D eigenvalue weighted by molar-refractivity contribution is -0.148. The molecule has 2 atom stereocenters. The van der Waals surface area contributed by atoms with Gasteiger partial charge >= 0.3 is 5.97 Å². The van der Waals surface area contributed by atoms with Gasteiger partial charge in [-0.2, -0.15) is 5.10 Å². The second-order valence-corrected chi connectivity index (χ2v) is 3.16. The van der Waals surface area contributed by atoms with Gasteiger partial charge in [-0.3, -0.25) is 10.2 Å². The average Bonchev–Trinajstić information content (AvgIpc) is 2.65. The van der Waals surface area contributed by atoms with E-state index in [0.29, 0.717) is 13.2 Å². The number of nitrogens with zero attached hydrogens (tertiary/aromatic N) is 3. The van der Waals surface area contributed by atoms with Crippen LogP contribution in [0.1, 0.15) is 6.92 Å². The van der Waals surface area contributed by atoms with Gasteiger partial charge in [-0.1, -0.05) is 0 Å². The first-order valence-corrected chi connectivity index (χ1v) is 4.70. The number of fused-ring (bicyclic) bond motifs is 1. The SMILES string of the molecule is CCOC(=O)C1[N]CCN2C=NNC12. The van der Waals surface area contributed by atoms with E-state index in [-0.39, 0.29) is 12.1 Å². The van der Waals surface area contributed by atoms with Gasteiger partial charge in [-0.05, 0) is 6.92 Å². The van der Waals surface area contributed by atoms with Crippen LogP contribution in [0, 0.1) is 0 Å². The highest BCUT2D eigenvalue weighted by atomic mass is 16.5. The lowest BCUT2D eigenvalue weighted by atomic mass is 10.1. The number of hydrazone groups is 1. The van der Waals surface area contributed by atoms with Crippen molar-refractivity contribution in [1.82, 2.24) is 15.6 Å². The number of hydrogen-bond donors (Lipinski definition) is 1. The lowest BCUT2D eigenvalue weighted by Gasteiger charge is -2.33. The topological polar surface area (TPSA) is 68.0 Å². The number of hydrogen-bond acceptors (Lipinski definition) is 5. The molecule has 1 fully saturated rings. The van der Waals surface area contributed by atoms with Gasteiger partial charge in [-0.25, -0.2) is 5.32 Å². The van der Waals surface area contributed by atoms with E-state index in [1.807, 2.05) is 4.90 Å². The maximum Gasteiger partial charge on any atom is 0.328 e. The molecular weight excluding hydrogens is 184 g/mol. The third kappa shape index (κ3) is 1.52. The molecule has 0 aliphatic carbocycles. The van der Waals surface area contributed by atoms with Crippen molar-refractivity contribution in [2.24, 2.45) is 5.10 Å². The van der Waals surface area contributed by atoms with Gasteiger partial charge in [0.1, 0.15) is 12.5 Å². The summed E-state index contributed by atoms with van der Waals surface area (Å²) in [6, 6.07) is -0.453. The molecule has 0 saturated carbocycles. The largest absolute Gasteiger partial charge is 0.465 e. The molecule has 0 amide bonds. The maximum atomic E-state index is 11.5. The number of esters is 1. The first-order valence-electron chi connectivity index (χ1n) is 4.70. The summed E-state index contributed by atoms with van der Waals surface area (Å²) in [5.74, 6) is -0.278. The third-order valence-corrected chi connectivity index (χ3v) is 2.28. The fraction of sp³-hybridized carbons (Fsp3) is 0.750. The number of ether oxygens (including phenoxy) is 1. The van der Waals surface area contributed by atoms with Crippen LogP contribution in [0.25, 0.3) is 0 Å². The zero-order valence-electron chi connectivity index (χ0n) is 8.01. The van der Waals surface area contributed by atoms with Crippen LogP contribution < -0.4 is 10.7 Å². The standard InChI is InChI=1S/C8H13N4O2/c1-2-14-8(13)6-7-11-10-5-12(7)4-3-9-6/h5-7,11H,2-4H2,1H3. The molecular formula is C8H13N4O2. The Kier molecular flexibility index (Phi) is 2.53. The zero-order valence-corrected chi connectivity index (χ0v) is 8.01. The second-order valence-electron chi connectivity index (χ2n) is 3.16. The number of rotatable bonds is 2. The lowest BCUT2D eigenvalue weighted by Crippen LogP contribution is -2.59. The van der Waals surface area contributed by atoms with Crippen LogP contribution in [0.2, 0.25) is 0 Å². The summed E-state index contributed by atoms with van der Waals surface area (Å²) in [7, 11) is 0. The summed E-state index contributed by atoms with van der Waals surface area (Å²) >= 11 is 0. The van der Waals surface area contributed by atoms with E-state index in [1.165, 1.54) is 0 Å². The summed E-state index contributed by atoms with van der Waals surface area (Å²) in [6.07, 6.45) is 1.55. The predicted octanol–water partition coefficient (Wildman–Crippen LogP) is -1.29. The van der Waals surface area contributed by atoms with Crippen LogP contribution in [0.3, 0.4) is 0 Å². The summed E-state index contributed by atoms with van der Waals surface area (Å²) in [6.45, 7) is 3.63. The summed E-state index contributed by atoms with van der Waals surface area (Å²) in [5.41, 5.74) is 2.85. The van der Waals surface area contributed by atoms with E-state index in [4.69, 9.17) is 4.74 Å². The minimum Gasteiger partial charge on any atom is -0.465 e. The predicted molar refractivity (Wildman–Crippen MR) is 49.5 cm³/mol. The molecule has 0 aromatic carbocycles. The number of piperazine rings is 1. The van der Waals surface area contributed by atoms with Crippen molar-refractivity contribution in [2.45, 2.75) is 19.1 Å². The van der Waals surface area contributed by atoms with Crippen molar-refractivity contribution in [1.29, 1.82) is 0 Å². The van der Waals surface area contributed by atoms with Crippen molar-refractivity contribution in [3.8, 4) is 0 Å². The Hall–Kier alpha value is -1.30. The van der Waals surface area contributed by atoms with Gasteiger partial charge in [0.25, 0.3) is 0 Å². The van der Waals surface area contributed by atoms with E-state index in [9.17, 15) is 4.79 Å². The fourth-order valence-corrected chi connectivity index (χ4v) is 1.62. The molecule has 0 aromatic rings.